The van der Waals surface area contributed by atoms with Gasteiger partial charge in [0.1, 0.15) is 5.82 Å². The van der Waals surface area contributed by atoms with Crippen LogP contribution in [0.25, 0.3) is 0 Å². The second-order valence-electron chi connectivity index (χ2n) is 6.16. The van der Waals surface area contributed by atoms with E-state index in [0.29, 0.717) is 31.0 Å². The quantitative estimate of drug-likeness (QED) is 0.893. The molecule has 0 saturated carbocycles. The fraction of sp³-hybridized carbons (Fsp3) is 0.316. The molecule has 5 heteroatoms. The highest BCUT2D eigenvalue weighted by atomic mass is 35.5. The topological polar surface area (TPSA) is 40.5 Å². The summed E-state index contributed by atoms with van der Waals surface area (Å²) in [6, 6.07) is 14.0. The SMILES string of the molecule is O=C(O)C1CCN(C(c2cccc(F)c2)c2cccc(Cl)c2)CC1. The molecule has 0 amide bonds. The van der Waals surface area contributed by atoms with Crippen LogP contribution in [-0.4, -0.2) is 29.1 Å². The second-order valence-corrected chi connectivity index (χ2v) is 6.60. The molecular weight excluding hydrogens is 329 g/mol. The molecule has 0 spiro atoms. The van der Waals surface area contributed by atoms with Crippen LogP contribution < -0.4 is 0 Å². The zero-order valence-corrected chi connectivity index (χ0v) is 13.9. The summed E-state index contributed by atoms with van der Waals surface area (Å²) in [7, 11) is 0. The van der Waals surface area contributed by atoms with Gasteiger partial charge in [-0.15, -0.1) is 0 Å². The molecule has 3 nitrogen and oxygen atoms in total. The molecular formula is C19H19ClFNO2. The largest absolute Gasteiger partial charge is 0.481 e. The van der Waals surface area contributed by atoms with Gasteiger partial charge in [0.15, 0.2) is 0 Å². The van der Waals surface area contributed by atoms with Crippen molar-refractivity contribution in [3.8, 4) is 0 Å². The van der Waals surface area contributed by atoms with Gasteiger partial charge in [0, 0.05) is 5.02 Å². The van der Waals surface area contributed by atoms with Crippen molar-refractivity contribution < 1.29 is 14.3 Å². The number of hydrogen-bond acceptors (Lipinski definition) is 2. The maximum absolute atomic E-state index is 13.7. The molecule has 24 heavy (non-hydrogen) atoms. The number of likely N-dealkylation sites (tertiary alicyclic amines) is 1. The highest BCUT2D eigenvalue weighted by molar-refractivity contribution is 6.30. The lowest BCUT2D eigenvalue weighted by molar-refractivity contribution is -0.143. The molecule has 0 aromatic heterocycles. The van der Waals surface area contributed by atoms with E-state index >= 15 is 0 Å². The van der Waals surface area contributed by atoms with Crippen molar-refractivity contribution in [2.45, 2.75) is 18.9 Å². The number of aliphatic carboxylic acids is 1. The van der Waals surface area contributed by atoms with Gasteiger partial charge in [0.05, 0.1) is 12.0 Å². The van der Waals surface area contributed by atoms with Gasteiger partial charge in [-0.2, -0.15) is 0 Å². The van der Waals surface area contributed by atoms with Gasteiger partial charge < -0.3 is 5.11 Å². The Morgan fingerprint density at radius 3 is 2.33 bits per heavy atom. The predicted molar refractivity (Wildman–Crippen MR) is 91.6 cm³/mol. The molecule has 1 aliphatic rings. The lowest BCUT2D eigenvalue weighted by Crippen LogP contribution is -2.39. The minimum absolute atomic E-state index is 0.130. The van der Waals surface area contributed by atoms with Crippen molar-refractivity contribution in [3.05, 3.63) is 70.5 Å². The van der Waals surface area contributed by atoms with Crippen molar-refractivity contribution in [3.63, 3.8) is 0 Å². The third-order valence-corrected chi connectivity index (χ3v) is 4.81. The molecule has 2 aromatic carbocycles. The Labute approximate surface area is 145 Å². The Morgan fingerprint density at radius 1 is 1.12 bits per heavy atom. The number of hydrogen-bond donors (Lipinski definition) is 1. The van der Waals surface area contributed by atoms with Crippen LogP contribution in [0.3, 0.4) is 0 Å². The van der Waals surface area contributed by atoms with Crippen LogP contribution >= 0.6 is 11.6 Å². The van der Waals surface area contributed by atoms with Crippen molar-refractivity contribution >= 4 is 17.6 Å². The summed E-state index contributed by atoms with van der Waals surface area (Å²) in [5.41, 5.74) is 1.84. The van der Waals surface area contributed by atoms with Gasteiger partial charge in [-0.05, 0) is 61.3 Å². The zero-order valence-electron chi connectivity index (χ0n) is 13.2. The first kappa shape index (κ1) is 16.9. The van der Waals surface area contributed by atoms with Crippen LogP contribution in [0.1, 0.15) is 30.0 Å². The van der Waals surface area contributed by atoms with Gasteiger partial charge in [0.2, 0.25) is 0 Å². The smallest absolute Gasteiger partial charge is 0.306 e. The van der Waals surface area contributed by atoms with E-state index in [1.165, 1.54) is 12.1 Å². The van der Waals surface area contributed by atoms with Gasteiger partial charge >= 0.3 is 5.97 Å². The number of nitrogens with zero attached hydrogens (tertiary/aromatic N) is 1. The number of halogens is 2. The van der Waals surface area contributed by atoms with E-state index in [1.54, 1.807) is 6.07 Å². The number of carboxylic acids is 1. The minimum Gasteiger partial charge on any atom is -0.481 e. The van der Waals surface area contributed by atoms with Gasteiger partial charge in [-0.1, -0.05) is 35.9 Å². The standard InChI is InChI=1S/C19H19ClFNO2/c20-16-5-1-3-14(11-16)18(15-4-2-6-17(21)12-15)22-9-7-13(8-10-22)19(23)24/h1-6,11-13,18H,7-10H2,(H,23,24). The van der Waals surface area contributed by atoms with Crippen LogP contribution in [0.5, 0.6) is 0 Å². The maximum Gasteiger partial charge on any atom is 0.306 e. The van der Waals surface area contributed by atoms with Crippen molar-refractivity contribution in [1.82, 2.24) is 4.90 Å². The normalized spacial score (nSPS) is 17.6. The molecule has 0 aliphatic carbocycles. The lowest BCUT2D eigenvalue weighted by atomic mass is 9.91. The Balaban J connectivity index is 1.93. The number of piperidine rings is 1. The third kappa shape index (κ3) is 3.77. The van der Waals surface area contributed by atoms with E-state index < -0.39 is 5.97 Å². The van der Waals surface area contributed by atoms with Crippen LogP contribution in [-0.2, 0) is 4.79 Å². The third-order valence-electron chi connectivity index (χ3n) is 4.57. The Morgan fingerprint density at radius 2 is 1.75 bits per heavy atom. The molecule has 126 valence electrons. The first-order valence-corrected chi connectivity index (χ1v) is 8.40. The highest BCUT2D eigenvalue weighted by Crippen LogP contribution is 2.33. The van der Waals surface area contributed by atoms with Gasteiger partial charge in [-0.25, -0.2) is 4.39 Å². The van der Waals surface area contributed by atoms with Crippen LogP contribution in [0, 0.1) is 11.7 Å². The van der Waals surface area contributed by atoms with Crippen molar-refractivity contribution in [1.29, 1.82) is 0 Å². The summed E-state index contributed by atoms with van der Waals surface area (Å²) < 4.78 is 13.7. The number of carboxylic acid groups (broad SMARTS) is 1. The van der Waals surface area contributed by atoms with E-state index in [0.717, 1.165) is 11.1 Å². The van der Waals surface area contributed by atoms with Crippen molar-refractivity contribution in [2.75, 3.05) is 13.1 Å². The molecule has 1 atom stereocenters. The van der Waals surface area contributed by atoms with Gasteiger partial charge in [-0.3, -0.25) is 9.69 Å². The Kier molecular flexibility index (Phi) is 5.17. The summed E-state index contributed by atoms with van der Waals surface area (Å²) >= 11 is 6.14. The van der Waals surface area contributed by atoms with E-state index in [1.807, 2.05) is 30.3 Å². The van der Waals surface area contributed by atoms with Crippen molar-refractivity contribution in [2.24, 2.45) is 5.92 Å². The molecule has 1 aliphatic heterocycles. The van der Waals surface area contributed by atoms with E-state index in [2.05, 4.69) is 4.90 Å². The number of benzene rings is 2. The summed E-state index contributed by atoms with van der Waals surface area (Å²) in [6.45, 7) is 1.31. The first-order valence-electron chi connectivity index (χ1n) is 8.02. The number of rotatable bonds is 4. The molecule has 1 N–H and O–H groups in total. The predicted octanol–water partition coefficient (Wildman–Crippen LogP) is 4.37. The Hall–Kier alpha value is -1.91. The summed E-state index contributed by atoms with van der Waals surface area (Å²) in [5, 5.41) is 9.82. The average molecular weight is 348 g/mol. The number of carbonyl (C=O) groups is 1. The van der Waals surface area contributed by atoms with E-state index in [-0.39, 0.29) is 17.8 Å². The second kappa shape index (κ2) is 7.32. The molecule has 1 unspecified atom stereocenters. The van der Waals surface area contributed by atoms with Crippen LogP contribution in [0.4, 0.5) is 4.39 Å². The fourth-order valence-electron chi connectivity index (χ4n) is 3.37. The molecule has 0 bridgehead atoms. The molecule has 1 heterocycles. The summed E-state index contributed by atoms with van der Waals surface area (Å²) in [6.07, 6.45) is 1.20. The monoisotopic (exact) mass is 347 g/mol. The van der Waals surface area contributed by atoms with E-state index in [9.17, 15) is 14.3 Å². The molecule has 2 aromatic rings. The van der Waals surface area contributed by atoms with Gasteiger partial charge in [0.25, 0.3) is 0 Å². The van der Waals surface area contributed by atoms with Crippen LogP contribution in [0.2, 0.25) is 5.02 Å². The minimum atomic E-state index is -0.736. The molecule has 0 radical (unpaired) electrons. The fourth-order valence-corrected chi connectivity index (χ4v) is 3.57. The first-order chi connectivity index (χ1) is 11.5. The molecule has 1 saturated heterocycles. The highest BCUT2D eigenvalue weighted by Gasteiger charge is 2.30. The maximum atomic E-state index is 13.7. The summed E-state index contributed by atoms with van der Waals surface area (Å²) in [5.74, 6) is -1.31. The molecule has 3 rings (SSSR count). The van der Waals surface area contributed by atoms with Crippen LogP contribution in [0.15, 0.2) is 48.5 Å². The van der Waals surface area contributed by atoms with E-state index in [4.69, 9.17) is 11.6 Å². The Bertz CT molecular complexity index is 683. The average Bonchev–Trinajstić information content (AvgIpc) is 2.56. The summed E-state index contributed by atoms with van der Waals surface area (Å²) in [4.78, 5) is 13.4. The lowest BCUT2D eigenvalue weighted by Gasteiger charge is -2.37. The molecule has 1 fully saturated rings. The zero-order chi connectivity index (χ0) is 17.1.